The minimum Gasteiger partial charge on any atom is -0.430 e. The zero-order chi connectivity index (χ0) is 31.7. The Labute approximate surface area is 279 Å². The SMILES string of the molecule is Clc1ccc(N=NC(=Nc2nc(-c3c(-c4ccc(Cl)cc4)[nH]c4ccccc34)co2)c2c(-c3ccccc3)[nH]c3ccccc23)cc1. The van der Waals surface area contributed by atoms with Crippen molar-refractivity contribution in [2.24, 2.45) is 15.2 Å². The van der Waals surface area contributed by atoms with Crippen LogP contribution in [0.1, 0.15) is 5.56 Å². The van der Waals surface area contributed by atoms with Crippen LogP contribution in [0.4, 0.5) is 11.7 Å². The van der Waals surface area contributed by atoms with Crippen LogP contribution in [0, 0.1) is 0 Å². The summed E-state index contributed by atoms with van der Waals surface area (Å²) in [6, 6.07) is 41.2. The van der Waals surface area contributed by atoms with Gasteiger partial charge in [0.2, 0.25) is 0 Å². The number of azo groups is 1. The monoisotopic (exact) mass is 650 g/mol. The number of amidine groups is 1. The summed E-state index contributed by atoms with van der Waals surface area (Å²) < 4.78 is 6.04. The Morgan fingerprint density at radius 2 is 1.21 bits per heavy atom. The molecule has 0 aliphatic carbocycles. The van der Waals surface area contributed by atoms with Gasteiger partial charge in [0.05, 0.1) is 22.6 Å². The third kappa shape index (κ3) is 5.63. The van der Waals surface area contributed by atoms with E-state index in [-0.39, 0.29) is 6.01 Å². The summed E-state index contributed by atoms with van der Waals surface area (Å²) in [4.78, 5) is 16.9. The second kappa shape index (κ2) is 12.2. The first-order valence-corrected chi connectivity index (χ1v) is 15.6. The molecule has 9 heteroatoms. The van der Waals surface area contributed by atoms with Crippen molar-refractivity contribution in [1.82, 2.24) is 15.0 Å². The zero-order valence-corrected chi connectivity index (χ0v) is 26.2. The van der Waals surface area contributed by atoms with Gasteiger partial charge < -0.3 is 14.4 Å². The van der Waals surface area contributed by atoms with Crippen molar-refractivity contribution in [3.63, 3.8) is 0 Å². The Bertz CT molecular complexity index is 2420. The largest absolute Gasteiger partial charge is 0.430 e. The Morgan fingerprint density at radius 3 is 1.96 bits per heavy atom. The van der Waals surface area contributed by atoms with Crippen LogP contribution < -0.4 is 0 Å². The lowest BCUT2D eigenvalue weighted by Crippen LogP contribution is -1.98. The van der Waals surface area contributed by atoms with Gasteiger partial charge in [-0.15, -0.1) is 10.2 Å². The Kier molecular flexibility index (Phi) is 7.45. The molecule has 0 aliphatic rings. The van der Waals surface area contributed by atoms with Crippen LogP contribution in [0.3, 0.4) is 0 Å². The molecule has 3 heterocycles. The first kappa shape index (κ1) is 28.7. The van der Waals surface area contributed by atoms with E-state index in [0.29, 0.717) is 27.3 Å². The van der Waals surface area contributed by atoms with E-state index in [2.05, 4.69) is 26.3 Å². The van der Waals surface area contributed by atoms with Gasteiger partial charge in [0, 0.05) is 37.4 Å². The van der Waals surface area contributed by atoms with Crippen LogP contribution in [-0.4, -0.2) is 20.8 Å². The molecule has 8 rings (SSSR count). The molecule has 2 N–H and O–H groups in total. The summed E-state index contributed by atoms with van der Waals surface area (Å²) in [5, 5.41) is 12.4. The van der Waals surface area contributed by atoms with Crippen LogP contribution in [0.5, 0.6) is 0 Å². The second-order valence-corrected chi connectivity index (χ2v) is 11.7. The van der Waals surface area contributed by atoms with Crippen molar-refractivity contribution >= 4 is 62.5 Å². The van der Waals surface area contributed by atoms with E-state index in [1.807, 2.05) is 97.1 Å². The zero-order valence-electron chi connectivity index (χ0n) is 24.7. The van der Waals surface area contributed by atoms with E-state index in [9.17, 15) is 0 Å². The Hall–Kier alpha value is -5.76. The minimum absolute atomic E-state index is 0.140. The van der Waals surface area contributed by atoms with Crippen molar-refractivity contribution in [1.29, 1.82) is 0 Å². The van der Waals surface area contributed by atoms with Gasteiger partial charge in [0.15, 0.2) is 5.84 Å². The van der Waals surface area contributed by atoms with Crippen molar-refractivity contribution in [2.45, 2.75) is 0 Å². The molecule has 0 aliphatic heterocycles. The van der Waals surface area contributed by atoms with Crippen molar-refractivity contribution in [2.75, 3.05) is 0 Å². The van der Waals surface area contributed by atoms with Crippen molar-refractivity contribution in [3.8, 4) is 33.8 Å². The number of fused-ring (bicyclic) bond motifs is 2. The smallest absolute Gasteiger partial charge is 0.324 e. The molecule has 0 saturated carbocycles. The van der Waals surface area contributed by atoms with E-state index in [1.54, 1.807) is 30.5 Å². The highest BCUT2D eigenvalue weighted by Crippen LogP contribution is 2.39. The number of benzene rings is 5. The molecule has 7 nitrogen and oxygen atoms in total. The van der Waals surface area contributed by atoms with Crippen LogP contribution in [-0.2, 0) is 0 Å². The van der Waals surface area contributed by atoms with Crippen LogP contribution in [0.15, 0.2) is 153 Å². The molecule has 0 saturated heterocycles. The highest BCUT2D eigenvalue weighted by atomic mass is 35.5. The third-order valence-corrected chi connectivity index (χ3v) is 8.37. The molecule has 0 atom stereocenters. The fourth-order valence-electron chi connectivity index (χ4n) is 5.70. The van der Waals surface area contributed by atoms with Crippen LogP contribution >= 0.6 is 23.2 Å². The predicted octanol–water partition coefficient (Wildman–Crippen LogP) is 11.8. The van der Waals surface area contributed by atoms with Gasteiger partial charge in [-0.25, -0.2) is 0 Å². The Morgan fingerprint density at radius 1 is 0.617 bits per heavy atom. The summed E-state index contributed by atoms with van der Waals surface area (Å²) in [6.45, 7) is 0. The number of halogens is 2. The van der Waals surface area contributed by atoms with Gasteiger partial charge in [-0.05, 0) is 59.7 Å². The minimum atomic E-state index is 0.140. The number of nitrogens with zero attached hydrogens (tertiary/aromatic N) is 4. The number of aromatic amines is 2. The fraction of sp³-hybridized carbons (Fsp3) is 0. The lowest BCUT2D eigenvalue weighted by molar-refractivity contribution is 0.570. The molecule has 0 bridgehead atoms. The summed E-state index contributed by atoms with van der Waals surface area (Å²) in [5.74, 6) is 0.335. The van der Waals surface area contributed by atoms with E-state index in [0.717, 1.165) is 55.4 Å². The van der Waals surface area contributed by atoms with Crippen molar-refractivity contribution < 1.29 is 4.42 Å². The molecule has 3 aromatic heterocycles. The van der Waals surface area contributed by atoms with Gasteiger partial charge in [-0.1, -0.05) is 102 Å². The molecule has 0 spiro atoms. The molecule has 47 heavy (non-hydrogen) atoms. The van der Waals surface area contributed by atoms with E-state index in [4.69, 9.17) is 37.6 Å². The lowest BCUT2D eigenvalue weighted by Gasteiger charge is -2.05. The maximum atomic E-state index is 6.21. The molecular formula is C38H24Cl2N6O. The third-order valence-electron chi connectivity index (χ3n) is 7.87. The molecule has 5 aromatic carbocycles. The first-order chi connectivity index (χ1) is 23.1. The average molecular weight is 652 g/mol. The number of para-hydroxylation sites is 2. The van der Waals surface area contributed by atoms with Gasteiger partial charge in [0.25, 0.3) is 0 Å². The van der Waals surface area contributed by atoms with E-state index >= 15 is 0 Å². The summed E-state index contributed by atoms with van der Waals surface area (Å²) in [6.07, 6.45) is 1.62. The number of hydrogen-bond acceptors (Lipinski definition) is 4. The number of hydrogen-bond donors (Lipinski definition) is 2. The predicted molar refractivity (Wildman–Crippen MR) is 190 cm³/mol. The standard InChI is InChI=1S/C38H24Cl2N6O/c39-25-16-14-24(15-17-25)35-33(28-10-4-6-12-30(28)41-35)32-22-47-38(43-32)44-37(46-45-27-20-18-26(40)19-21-27)34-29-11-5-7-13-31(29)42-36(34)23-8-2-1-3-9-23/h1-22,41-42H. The highest BCUT2D eigenvalue weighted by Gasteiger charge is 2.22. The molecule has 0 radical (unpaired) electrons. The van der Waals surface area contributed by atoms with Crippen molar-refractivity contribution in [3.05, 3.63) is 149 Å². The Balaban J connectivity index is 1.30. The molecule has 8 aromatic rings. The highest BCUT2D eigenvalue weighted by molar-refractivity contribution is 6.31. The number of H-pyrrole nitrogens is 2. The maximum absolute atomic E-state index is 6.21. The van der Waals surface area contributed by atoms with Crippen LogP contribution in [0.25, 0.3) is 55.6 Å². The maximum Gasteiger partial charge on any atom is 0.324 e. The first-order valence-electron chi connectivity index (χ1n) is 14.9. The number of nitrogens with one attached hydrogen (secondary N) is 2. The van der Waals surface area contributed by atoms with Gasteiger partial charge in [0.1, 0.15) is 12.0 Å². The van der Waals surface area contributed by atoms with E-state index in [1.165, 1.54) is 0 Å². The summed E-state index contributed by atoms with van der Waals surface area (Å²) in [5.41, 5.74) is 8.55. The number of oxazole rings is 1. The van der Waals surface area contributed by atoms with Gasteiger partial charge in [-0.2, -0.15) is 9.98 Å². The number of aliphatic imine (C=N–C) groups is 1. The molecule has 0 amide bonds. The second-order valence-electron chi connectivity index (χ2n) is 10.8. The fourth-order valence-corrected chi connectivity index (χ4v) is 5.95. The number of rotatable bonds is 6. The molecule has 0 fully saturated rings. The lowest BCUT2D eigenvalue weighted by atomic mass is 10.0. The molecule has 226 valence electrons. The average Bonchev–Trinajstić information content (AvgIpc) is 3.83. The normalized spacial score (nSPS) is 12.1. The van der Waals surface area contributed by atoms with Gasteiger partial charge in [-0.3, -0.25) is 0 Å². The number of aromatic nitrogens is 3. The molecule has 0 unspecified atom stereocenters. The van der Waals surface area contributed by atoms with E-state index < -0.39 is 0 Å². The quantitative estimate of drug-likeness (QED) is 0.106. The van der Waals surface area contributed by atoms with Gasteiger partial charge >= 0.3 is 6.01 Å². The summed E-state index contributed by atoms with van der Waals surface area (Å²) in [7, 11) is 0. The molecular weight excluding hydrogens is 627 g/mol. The summed E-state index contributed by atoms with van der Waals surface area (Å²) >= 11 is 12.3. The topological polar surface area (TPSA) is 94.7 Å². The van der Waals surface area contributed by atoms with Crippen LogP contribution in [0.2, 0.25) is 10.0 Å².